The number of nitrogens with zero attached hydrogens (tertiary/aromatic N) is 3. The van der Waals surface area contributed by atoms with Gasteiger partial charge in [-0.3, -0.25) is 4.79 Å². The first kappa shape index (κ1) is 19.5. The zero-order chi connectivity index (χ0) is 21.1. The van der Waals surface area contributed by atoms with E-state index in [-0.39, 0.29) is 5.91 Å². The van der Waals surface area contributed by atoms with Gasteiger partial charge in [0, 0.05) is 35.8 Å². The summed E-state index contributed by atoms with van der Waals surface area (Å²) in [6, 6.07) is 11.6. The largest absolute Gasteiger partial charge is 0.496 e. The van der Waals surface area contributed by atoms with E-state index < -0.39 is 0 Å². The highest BCUT2D eigenvalue weighted by molar-refractivity contribution is 5.92. The van der Waals surface area contributed by atoms with Crippen molar-refractivity contribution in [1.29, 1.82) is 0 Å². The molecule has 0 bridgehead atoms. The maximum Gasteiger partial charge on any atom is 0.245 e. The molecule has 6 heteroatoms. The second-order valence-electron chi connectivity index (χ2n) is 7.27. The van der Waals surface area contributed by atoms with Crippen LogP contribution in [0.5, 0.6) is 5.75 Å². The van der Waals surface area contributed by atoms with Gasteiger partial charge in [-0.1, -0.05) is 18.6 Å². The zero-order valence-electron chi connectivity index (χ0n) is 16.8. The fourth-order valence-electron chi connectivity index (χ4n) is 3.72. The van der Waals surface area contributed by atoms with Gasteiger partial charge in [-0.2, -0.15) is 0 Å². The van der Waals surface area contributed by atoms with Crippen LogP contribution in [0.25, 0.3) is 10.9 Å². The lowest BCUT2D eigenvalue weighted by Gasteiger charge is -2.39. The van der Waals surface area contributed by atoms with Crippen LogP contribution in [0, 0.1) is 18.3 Å². The van der Waals surface area contributed by atoms with Gasteiger partial charge in [-0.25, -0.2) is 9.97 Å². The van der Waals surface area contributed by atoms with E-state index in [1.54, 1.807) is 12.0 Å². The molecule has 0 unspecified atom stereocenters. The molecule has 0 aliphatic carbocycles. The minimum absolute atomic E-state index is 0.0224. The normalized spacial score (nSPS) is 13.4. The number of ether oxygens (including phenoxy) is 1. The Kier molecular flexibility index (Phi) is 5.36. The van der Waals surface area contributed by atoms with E-state index in [1.165, 1.54) is 12.4 Å². The molecule has 0 atom stereocenters. The Morgan fingerprint density at radius 3 is 2.93 bits per heavy atom. The minimum Gasteiger partial charge on any atom is -0.496 e. The maximum absolute atomic E-state index is 11.7. The van der Waals surface area contributed by atoms with E-state index in [0.29, 0.717) is 11.7 Å². The standard InChI is InChI=1S/C24H22N4O2/c1-4-16-7-6-8-19(10-16)27-24-20-11-18(9-17-13-28(14-17)23(29)5-2)22(30-3)12-21(20)25-15-26-24/h1,5-8,10-12,15,17H,2,9,13-14H2,3H3,(H,25,26,27). The van der Waals surface area contributed by atoms with Crippen molar-refractivity contribution in [2.75, 3.05) is 25.5 Å². The highest BCUT2D eigenvalue weighted by Crippen LogP contribution is 2.32. The molecule has 1 saturated heterocycles. The number of fused-ring (bicyclic) bond motifs is 1. The molecule has 6 nitrogen and oxygen atoms in total. The molecular weight excluding hydrogens is 376 g/mol. The average Bonchev–Trinajstić information content (AvgIpc) is 2.75. The van der Waals surface area contributed by atoms with Crippen molar-refractivity contribution in [2.45, 2.75) is 6.42 Å². The molecule has 1 N–H and O–H groups in total. The second-order valence-corrected chi connectivity index (χ2v) is 7.27. The van der Waals surface area contributed by atoms with Crippen LogP contribution in [0.4, 0.5) is 11.5 Å². The first-order chi connectivity index (χ1) is 14.6. The molecule has 3 aromatic rings. The lowest BCUT2D eigenvalue weighted by molar-refractivity contribution is -0.132. The van der Waals surface area contributed by atoms with Gasteiger partial charge in [-0.15, -0.1) is 6.42 Å². The Hall–Kier alpha value is -3.85. The molecular formula is C24H22N4O2. The van der Waals surface area contributed by atoms with E-state index in [9.17, 15) is 4.79 Å². The maximum atomic E-state index is 11.7. The summed E-state index contributed by atoms with van der Waals surface area (Å²) in [6.07, 6.45) is 9.20. The van der Waals surface area contributed by atoms with Gasteiger partial charge >= 0.3 is 0 Å². The molecule has 1 amide bonds. The Balaban J connectivity index is 1.63. The summed E-state index contributed by atoms with van der Waals surface area (Å²) in [5, 5.41) is 4.25. The molecule has 1 fully saturated rings. The van der Waals surface area contributed by atoms with Crippen molar-refractivity contribution in [3.63, 3.8) is 0 Å². The lowest BCUT2D eigenvalue weighted by atomic mass is 9.91. The summed E-state index contributed by atoms with van der Waals surface area (Å²) in [5.41, 5.74) is 3.51. The minimum atomic E-state index is -0.0224. The average molecular weight is 398 g/mol. The summed E-state index contributed by atoms with van der Waals surface area (Å²) in [5.74, 6) is 4.49. The predicted molar refractivity (Wildman–Crippen MR) is 118 cm³/mol. The van der Waals surface area contributed by atoms with Crippen LogP contribution in [0.2, 0.25) is 0 Å². The van der Waals surface area contributed by atoms with Gasteiger partial charge in [0.05, 0.1) is 12.6 Å². The number of hydrogen-bond acceptors (Lipinski definition) is 5. The van der Waals surface area contributed by atoms with E-state index in [0.717, 1.165) is 53.0 Å². The highest BCUT2D eigenvalue weighted by Gasteiger charge is 2.30. The highest BCUT2D eigenvalue weighted by atomic mass is 16.5. The van der Waals surface area contributed by atoms with E-state index in [4.69, 9.17) is 11.2 Å². The second kappa shape index (κ2) is 8.26. The predicted octanol–water partition coefficient (Wildman–Crippen LogP) is 3.55. The number of benzene rings is 2. The van der Waals surface area contributed by atoms with Crippen LogP contribution in [0.1, 0.15) is 11.1 Å². The van der Waals surface area contributed by atoms with Crippen molar-refractivity contribution >= 4 is 28.3 Å². The number of hydrogen-bond donors (Lipinski definition) is 1. The lowest BCUT2D eigenvalue weighted by Crippen LogP contribution is -2.50. The number of methoxy groups -OCH3 is 1. The Bertz CT molecular complexity index is 1160. The molecule has 2 heterocycles. The number of carbonyl (C=O) groups is 1. The molecule has 1 aliphatic heterocycles. The van der Waals surface area contributed by atoms with E-state index in [1.807, 2.05) is 30.3 Å². The molecule has 0 radical (unpaired) electrons. The van der Waals surface area contributed by atoms with Crippen molar-refractivity contribution in [3.8, 4) is 18.1 Å². The molecule has 0 saturated carbocycles. The van der Waals surface area contributed by atoms with E-state index in [2.05, 4.69) is 33.9 Å². The first-order valence-corrected chi connectivity index (χ1v) is 9.68. The zero-order valence-corrected chi connectivity index (χ0v) is 16.8. The first-order valence-electron chi connectivity index (χ1n) is 9.68. The summed E-state index contributed by atoms with van der Waals surface area (Å²) < 4.78 is 5.61. The van der Waals surface area contributed by atoms with Gasteiger partial charge in [0.25, 0.3) is 0 Å². The summed E-state index contributed by atoms with van der Waals surface area (Å²) in [7, 11) is 1.66. The third-order valence-electron chi connectivity index (χ3n) is 5.28. The number of carbonyl (C=O) groups excluding carboxylic acids is 1. The number of nitrogens with one attached hydrogen (secondary N) is 1. The number of likely N-dealkylation sites (tertiary alicyclic amines) is 1. The van der Waals surface area contributed by atoms with Gasteiger partial charge in [0.1, 0.15) is 17.9 Å². The monoisotopic (exact) mass is 398 g/mol. The number of anilines is 2. The van der Waals surface area contributed by atoms with Crippen LogP contribution in [-0.4, -0.2) is 41.0 Å². The van der Waals surface area contributed by atoms with Crippen LogP contribution >= 0.6 is 0 Å². The van der Waals surface area contributed by atoms with Crippen molar-refractivity contribution in [1.82, 2.24) is 14.9 Å². The fourth-order valence-corrected chi connectivity index (χ4v) is 3.72. The molecule has 150 valence electrons. The molecule has 0 spiro atoms. The smallest absolute Gasteiger partial charge is 0.245 e. The summed E-state index contributed by atoms with van der Waals surface area (Å²) in [6.45, 7) is 4.99. The fraction of sp³-hybridized carbons (Fsp3) is 0.208. The van der Waals surface area contributed by atoms with Crippen LogP contribution in [-0.2, 0) is 11.2 Å². The van der Waals surface area contributed by atoms with Gasteiger partial charge in [-0.05, 0) is 48.2 Å². The summed E-state index contributed by atoms with van der Waals surface area (Å²) in [4.78, 5) is 22.3. The van der Waals surface area contributed by atoms with Crippen LogP contribution < -0.4 is 10.1 Å². The quantitative estimate of drug-likeness (QED) is 0.508. The third kappa shape index (κ3) is 3.83. The van der Waals surface area contributed by atoms with Crippen molar-refractivity contribution < 1.29 is 9.53 Å². The van der Waals surface area contributed by atoms with Gasteiger partial charge in [0.15, 0.2) is 0 Å². The molecule has 30 heavy (non-hydrogen) atoms. The van der Waals surface area contributed by atoms with Crippen molar-refractivity contribution in [3.05, 3.63) is 66.5 Å². The molecule has 1 aromatic heterocycles. The van der Waals surface area contributed by atoms with Crippen LogP contribution in [0.15, 0.2) is 55.4 Å². The SMILES string of the molecule is C#Cc1cccc(Nc2ncnc3cc(OC)c(CC4CN(C(=O)C=C)C4)cc23)c1. The number of amides is 1. The molecule has 2 aromatic carbocycles. The van der Waals surface area contributed by atoms with E-state index >= 15 is 0 Å². The van der Waals surface area contributed by atoms with Crippen molar-refractivity contribution in [2.24, 2.45) is 5.92 Å². The van der Waals surface area contributed by atoms with Crippen LogP contribution in [0.3, 0.4) is 0 Å². The molecule has 1 aliphatic rings. The van der Waals surface area contributed by atoms with Gasteiger partial charge in [0.2, 0.25) is 5.91 Å². The topological polar surface area (TPSA) is 67.4 Å². The number of rotatable bonds is 6. The summed E-state index contributed by atoms with van der Waals surface area (Å²) >= 11 is 0. The Morgan fingerprint density at radius 1 is 1.37 bits per heavy atom. The number of aromatic nitrogens is 2. The molecule has 4 rings (SSSR count). The number of terminal acetylenes is 1. The Labute approximate surface area is 175 Å². The van der Waals surface area contributed by atoms with Gasteiger partial charge < -0.3 is 15.0 Å². The third-order valence-corrected chi connectivity index (χ3v) is 5.28. The Morgan fingerprint density at radius 2 is 2.20 bits per heavy atom.